The van der Waals surface area contributed by atoms with Gasteiger partial charge < -0.3 is 5.73 Å². The van der Waals surface area contributed by atoms with E-state index in [0.717, 1.165) is 17.6 Å². The highest BCUT2D eigenvalue weighted by Crippen LogP contribution is 2.29. The molecule has 102 valence electrons. The van der Waals surface area contributed by atoms with Gasteiger partial charge in [-0.05, 0) is 38.1 Å². The van der Waals surface area contributed by atoms with Gasteiger partial charge in [-0.25, -0.2) is 0 Å². The molecule has 2 unspecified atom stereocenters. The molecule has 0 aliphatic heterocycles. The summed E-state index contributed by atoms with van der Waals surface area (Å²) in [5.41, 5.74) is 7.52. The van der Waals surface area contributed by atoms with Crippen LogP contribution in [0.1, 0.15) is 45.2 Å². The van der Waals surface area contributed by atoms with E-state index < -0.39 is 0 Å². The van der Waals surface area contributed by atoms with E-state index in [-0.39, 0.29) is 12.1 Å². The molecule has 0 aliphatic carbocycles. The van der Waals surface area contributed by atoms with Crippen molar-refractivity contribution in [1.82, 2.24) is 4.90 Å². The van der Waals surface area contributed by atoms with Gasteiger partial charge in [0.05, 0.1) is 6.04 Å². The van der Waals surface area contributed by atoms with Crippen LogP contribution in [0.5, 0.6) is 0 Å². The van der Waals surface area contributed by atoms with Crippen LogP contribution in [-0.2, 0) is 0 Å². The molecule has 0 fully saturated rings. The van der Waals surface area contributed by atoms with Crippen LogP contribution in [0, 0.1) is 0 Å². The van der Waals surface area contributed by atoms with Gasteiger partial charge in [-0.1, -0.05) is 54.4 Å². The van der Waals surface area contributed by atoms with Crippen molar-refractivity contribution in [2.75, 3.05) is 13.1 Å². The molecule has 0 bridgehead atoms. The zero-order valence-electron chi connectivity index (χ0n) is 11.7. The van der Waals surface area contributed by atoms with E-state index >= 15 is 0 Å². The molecule has 0 saturated heterocycles. The molecular weight excluding hydrogens is 288 g/mol. The minimum Gasteiger partial charge on any atom is -0.326 e. The van der Waals surface area contributed by atoms with Crippen molar-refractivity contribution in [1.29, 1.82) is 0 Å². The highest BCUT2D eigenvalue weighted by molar-refractivity contribution is 9.10. The summed E-state index contributed by atoms with van der Waals surface area (Å²) in [4.78, 5) is 2.48. The highest BCUT2D eigenvalue weighted by Gasteiger charge is 2.24. The van der Waals surface area contributed by atoms with Gasteiger partial charge in [-0.3, -0.25) is 4.90 Å². The molecule has 3 heteroatoms. The lowest BCUT2D eigenvalue weighted by molar-refractivity contribution is 0.182. The quantitative estimate of drug-likeness (QED) is 0.825. The molecule has 2 N–H and O–H groups in total. The predicted octanol–water partition coefficient (Wildman–Crippen LogP) is 3.96. The van der Waals surface area contributed by atoms with Gasteiger partial charge in [0, 0.05) is 10.5 Å². The third-order valence-electron chi connectivity index (χ3n) is 3.32. The SMILES string of the molecule is CCCCN(CC)C(c1ccccc1Br)C(C)N. The number of nitrogens with zero attached hydrogens (tertiary/aromatic N) is 1. The molecule has 1 aromatic carbocycles. The van der Waals surface area contributed by atoms with E-state index in [1.807, 2.05) is 6.07 Å². The standard InChI is InChI=1S/C15H25BrN2/c1-4-6-11-18(5-2)15(12(3)17)13-9-7-8-10-14(13)16/h7-10,12,15H,4-6,11,17H2,1-3H3. The maximum atomic E-state index is 6.22. The topological polar surface area (TPSA) is 29.3 Å². The van der Waals surface area contributed by atoms with Crippen molar-refractivity contribution in [2.45, 2.75) is 45.7 Å². The predicted molar refractivity (Wildman–Crippen MR) is 82.7 cm³/mol. The van der Waals surface area contributed by atoms with E-state index in [1.165, 1.54) is 18.4 Å². The summed E-state index contributed by atoms with van der Waals surface area (Å²) in [6, 6.07) is 8.82. The Morgan fingerprint density at radius 1 is 1.28 bits per heavy atom. The van der Waals surface area contributed by atoms with Crippen molar-refractivity contribution in [3.05, 3.63) is 34.3 Å². The Balaban J connectivity index is 2.97. The smallest absolute Gasteiger partial charge is 0.0507 e. The van der Waals surface area contributed by atoms with Crippen molar-refractivity contribution < 1.29 is 0 Å². The van der Waals surface area contributed by atoms with Crippen LogP contribution in [0.15, 0.2) is 28.7 Å². The normalized spacial score (nSPS) is 14.8. The summed E-state index contributed by atoms with van der Waals surface area (Å²) >= 11 is 3.65. The van der Waals surface area contributed by atoms with Crippen LogP contribution in [0.25, 0.3) is 0 Å². The molecule has 0 heterocycles. The number of benzene rings is 1. The molecule has 2 atom stereocenters. The Morgan fingerprint density at radius 2 is 1.94 bits per heavy atom. The molecule has 0 radical (unpaired) electrons. The van der Waals surface area contributed by atoms with Crippen LogP contribution < -0.4 is 5.73 Å². The first-order valence-electron chi connectivity index (χ1n) is 6.85. The van der Waals surface area contributed by atoms with E-state index in [2.05, 4.69) is 59.8 Å². The number of rotatable bonds is 7. The molecule has 0 aliphatic rings. The number of hydrogen-bond donors (Lipinski definition) is 1. The molecule has 2 nitrogen and oxygen atoms in total. The van der Waals surface area contributed by atoms with Crippen LogP contribution >= 0.6 is 15.9 Å². The molecule has 1 aromatic rings. The molecule has 18 heavy (non-hydrogen) atoms. The summed E-state index contributed by atoms with van der Waals surface area (Å²) in [7, 11) is 0. The first-order chi connectivity index (χ1) is 8.61. The average molecular weight is 313 g/mol. The monoisotopic (exact) mass is 312 g/mol. The number of likely N-dealkylation sites (N-methyl/N-ethyl adjacent to an activating group) is 1. The zero-order valence-corrected chi connectivity index (χ0v) is 13.3. The van der Waals surface area contributed by atoms with Gasteiger partial charge in [0.15, 0.2) is 0 Å². The summed E-state index contributed by atoms with van der Waals surface area (Å²) in [6.45, 7) is 8.68. The minimum atomic E-state index is 0.125. The second-order valence-corrected chi connectivity index (χ2v) is 5.66. The van der Waals surface area contributed by atoms with E-state index in [9.17, 15) is 0 Å². The summed E-state index contributed by atoms with van der Waals surface area (Å²) in [6.07, 6.45) is 2.44. The number of unbranched alkanes of at least 4 members (excludes halogenated alkanes) is 1. The second kappa shape index (κ2) is 7.93. The minimum absolute atomic E-state index is 0.125. The molecule has 1 rings (SSSR count). The lowest BCUT2D eigenvalue weighted by Gasteiger charge is -2.34. The second-order valence-electron chi connectivity index (χ2n) is 4.81. The largest absolute Gasteiger partial charge is 0.326 e. The van der Waals surface area contributed by atoms with Gasteiger partial charge in [0.25, 0.3) is 0 Å². The van der Waals surface area contributed by atoms with Crippen LogP contribution in [0.4, 0.5) is 0 Å². The average Bonchev–Trinajstić information content (AvgIpc) is 2.35. The van der Waals surface area contributed by atoms with E-state index in [0.29, 0.717) is 0 Å². The van der Waals surface area contributed by atoms with Crippen molar-refractivity contribution in [3.63, 3.8) is 0 Å². The fraction of sp³-hybridized carbons (Fsp3) is 0.600. The van der Waals surface area contributed by atoms with Crippen molar-refractivity contribution >= 4 is 15.9 Å². The van der Waals surface area contributed by atoms with Crippen LogP contribution in [-0.4, -0.2) is 24.0 Å². The molecule has 0 amide bonds. The fourth-order valence-electron chi connectivity index (χ4n) is 2.38. The van der Waals surface area contributed by atoms with Gasteiger partial charge in [-0.2, -0.15) is 0 Å². The van der Waals surface area contributed by atoms with Crippen LogP contribution in [0.2, 0.25) is 0 Å². The Labute approximate surface area is 120 Å². The van der Waals surface area contributed by atoms with Gasteiger partial charge >= 0.3 is 0 Å². The lowest BCUT2D eigenvalue weighted by atomic mass is 9.99. The maximum Gasteiger partial charge on any atom is 0.0507 e. The lowest BCUT2D eigenvalue weighted by Crippen LogP contribution is -2.40. The highest BCUT2D eigenvalue weighted by atomic mass is 79.9. The number of hydrogen-bond acceptors (Lipinski definition) is 2. The van der Waals surface area contributed by atoms with Crippen LogP contribution in [0.3, 0.4) is 0 Å². The first kappa shape index (κ1) is 15.7. The molecule has 0 saturated carbocycles. The third-order valence-corrected chi connectivity index (χ3v) is 4.04. The Bertz CT molecular complexity index is 352. The Morgan fingerprint density at radius 3 is 2.44 bits per heavy atom. The Hall–Kier alpha value is -0.380. The van der Waals surface area contributed by atoms with Gasteiger partial charge in [-0.15, -0.1) is 0 Å². The number of halogens is 1. The fourth-order valence-corrected chi connectivity index (χ4v) is 2.90. The Kier molecular flexibility index (Phi) is 6.90. The third kappa shape index (κ3) is 4.08. The first-order valence-corrected chi connectivity index (χ1v) is 7.65. The molecular formula is C15H25BrN2. The summed E-state index contributed by atoms with van der Waals surface area (Å²) in [5.74, 6) is 0. The number of nitrogens with two attached hydrogens (primary N) is 1. The van der Waals surface area contributed by atoms with Gasteiger partial charge in [0.2, 0.25) is 0 Å². The summed E-state index contributed by atoms with van der Waals surface area (Å²) in [5, 5.41) is 0. The summed E-state index contributed by atoms with van der Waals surface area (Å²) < 4.78 is 1.15. The van der Waals surface area contributed by atoms with Crippen molar-refractivity contribution in [3.8, 4) is 0 Å². The van der Waals surface area contributed by atoms with Crippen molar-refractivity contribution in [2.24, 2.45) is 5.73 Å². The zero-order chi connectivity index (χ0) is 13.5. The molecule has 0 aromatic heterocycles. The molecule has 0 spiro atoms. The maximum absolute atomic E-state index is 6.22. The van der Waals surface area contributed by atoms with E-state index in [4.69, 9.17) is 5.73 Å². The van der Waals surface area contributed by atoms with E-state index in [1.54, 1.807) is 0 Å². The van der Waals surface area contributed by atoms with Gasteiger partial charge in [0.1, 0.15) is 0 Å².